The van der Waals surface area contributed by atoms with Crippen molar-refractivity contribution in [2.24, 2.45) is 0 Å². The molecule has 0 amide bonds. The van der Waals surface area contributed by atoms with Crippen molar-refractivity contribution in [3.8, 4) is 0 Å². The van der Waals surface area contributed by atoms with Gasteiger partial charge in [-0.25, -0.2) is 0 Å². The molecule has 0 radical (unpaired) electrons. The van der Waals surface area contributed by atoms with Crippen LogP contribution in [0, 0.1) is 6.92 Å². The highest BCUT2D eigenvalue weighted by Crippen LogP contribution is 2.34. The van der Waals surface area contributed by atoms with Gasteiger partial charge in [0.25, 0.3) is 0 Å². The molecule has 0 unspecified atom stereocenters. The third-order valence-corrected chi connectivity index (χ3v) is 3.08. The lowest BCUT2D eigenvalue weighted by atomic mass is 9.75. The molecule has 0 aliphatic heterocycles. The van der Waals surface area contributed by atoms with Gasteiger partial charge >= 0.3 is 0 Å². The van der Waals surface area contributed by atoms with Gasteiger partial charge in [-0.05, 0) is 30.7 Å². The molecule has 0 saturated carbocycles. The molecule has 1 aromatic rings. The Labute approximate surface area is 87.1 Å². The average molecular weight is 194 g/mol. The van der Waals surface area contributed by atoms with E-state index in [2.05, 4.69) is 37.9 Å². The maximum absolute atomic E-state index is 4.13. The van der Waals surface area contributed by atoms with Crippen LogP contribution in [0.3, 0.4) is 0 Å². The fraction of sp³-hybridized carbons (Fsp3) is 0.750. The van der Waals surface area contributed by atoms with E-state index in [1.54, 1.807) is 0 Å². The number of hydrogen-bond donors (Lipinski definition) is 1. The number of hydrogen-bond acceptors (Lipinski definition) is 1. The van der Waals surface area contributed by atoms with E-state index in [-0.39, 0.29) is 0 Å². The number of H-pyrrole nitrogens is 1. The smallest absolute Gasteiger partial charge is 0.0527 e. The molecule has 14 heavy (non-hydrogen) atoms. The molecule has 0 spiro atoms. The summed E-state index contributed by atoms with van der Waals surface area (Å²) < 4.78 is 0. The first-order valence-corrected chi connectivity index (χ1v) is 5.64. The van der Waals surface area contributed by atoms with Gasteiger partial charge in [-0.15, -0.1) is 0 Å². The zero-order chi connectivity index (χ0) is 10.6. The number of nitrogens with zero attached hydrogens (tertiary/aromatic N) is 1. The highest BCUT2D eigenvalue weighted by atomic mass is 15.1. The van der Waals surface area contributed by atoms with Crippen LogP contribution in [0.2, 0.25) is 0 Å². The SMILES string of the molecule is CCCC(C)(CCC)c1cn[nH]c1C. The van der Waals surface area contributed by atoms with E-state index in [4.69, 9.17) is 0 Å². The van der Waals surface area contributed by atoms with Gasteiger partial charge in [0.2, 0.25) is 0 Å². The Morgan fingerprint density at radius 1 is 1.29 bits per heavy atom. The van der Waals surface area contributed by atoms with E-state index in [1.807, 2.05) is 6.20 Å². The molecule has 0 bridgehead atoms. The molecular formula is C12H22N2. The lowest BCUT2D eigenvalue weighted by Crippen LogP contribution is -2.21. The summed E-state index contributed by atoms with van der Waals surface area (Å²) in [5, 5.41) is 7.17. The van der Waals surface area contributed by atoms with Crippen LogP contribution in [-0.2, 0) is 5.41 Å². The van der Waals surface area contributed by atoms with Crippen LogP contribution in [0.15, 0.2) is 6.20 Å². The Hall–Kier alpha value is -0.790. The van der Waals surface area contributed by atoms with Crippen molar-refractivity contribution in [1.82, 2.24) is 10.2 Å². The van der Waals surface area contributed by atoms with Gasteiger partial charge in [-0.2, -0.15) is 5.10 Å². The van der Waals surface area contributed by atoms with E-state index in [9.17, 15) is 0 Å². The minimum absolute atomic E-state index is 0.320. The summed E-state index contributed by atoms with van der Waals surface area (Å²) in [5.74, 6) is 0. The number of rotatable bonds is 5. The molecule has 0 aliphatic rings. The Morgan fingerprint density at radius 2 is 1.86 bits per heavy atom. The summed E-state index contributed by atoms with van der Waals surface area (Å²) in [5.41, 5.74) is 2.95. The molecule has 1 heterocycles. The molecule has 0 aromatic carbocycles. The van der Waals surface area contributed by atoms with Gasteiger partial charge in [-0.3, -0.25) is 5.10 Å². The molecular weight excluding hydrogens is 172 g/mol. The topological polar surface area (TPSA) is 28.7 Å². The largest absolute Gasteiger partial charge is 0.283 e. The molecule has 0 aliphatic carbocycles. The molecule has 1 N–H and O–H groups in total. The van der Waals surface area contributed by atoms with E-state index in [0.29, 0.717) is 5.41 Å². The molecule has 0 saturated heterocycles. The van der Waals surface area contributed by atoms with Crippen LogP contribution in [-0.4, -0.2) is 10.2 Å². The summed E-state index contributed by atoms with van der Waals surface area (Å²) in [6, 6.07) is 0. The third-order valence-electron chi connectivity index (χ3n) is 3.08. The highest BCUT2D eigenvalue weighted by Gasteiger charge is 2.27. The van der Waals surface area contributed by atoms with Crippen LogP contribution < -0.4 is 0 Å². The van der Waals surface area contributed by atoms with Crippen molar-refractivity contribution >= 4 is 0 Å². The van der Waals surface area contributed by atoms with Gasteiger partial charge in [-0.1, -0.05) is 33.6 Å². The van der Waals surface area contributed by atoms with Gasteiger partial charge in [0.05, 0.1) is 6.20 Å². The van der Waals surface area contributed by atoms with Crippen LogP contribution in [0.4, 0.5) is 0 Å². The molecule has 1 rings (SSSR count). The number of aromatic amines is 1. The first-order chi connectivity index (χ1) is 6.64. The normalized spacial score (nSPS) is 12.0. The Kier molecular flexibility index (Phi) is 3.73. The lowest BCUT2D eigenvalue weighted by Gasteiger charge is -2.28. The number of aromatic nitrogens is 2. The van der Waals surface area contributed by atoms with Gasteiger partial charge in [0.15, 0.2) is 0 Å². The molecule has 0 fully saturated rings. The van der Waals surface area contributed by atoms with E-state index in [0.717, 1.165) is 0 Å². The van der Waals surface area contributed by atoms with Crippen LogP contribution >= 0.6 is 0 Å². The lowest BCUT2D eigenvalue weighted by molar-refractivity contribution is 0.390. The monoisotopic (exact) mass is 194 g/mol. The second kappa shape index (κ2) is 4.63. The standard InChI is InChI=1S/C12H22N2/c1-5-7-12(4,8-6-2)11-9-13-14-10(11)3/h9H,5-8H2,1-4H3,(H,13,14). The molecule has 2 heteroatoms. The fourth-order valence-corrected chi connectivity index (χ4v) is 2.46. The van der Waals surface area contributed by atoms with Crippen molar-refractivity contribution in [2.45, 2.75) is 58.8 Å². The van der Waals surface area contributed by atoms with Crippen LogP contribution in [0.1, 0.15) is 57.7 Å². The van der Waals surface area contributed by atoms with Gasteiger partial charge in [0.1, 0.15) is 0 Å². The Balaban J connectivity index is 2.92. The average Bonchev–Trinajstić information content (AvgIpc) is 2.52. The molecule has 2 nitrogen and oxygen atoms in total. The maximum Gasteiger partial charge on any atom is 0.0527 e. The first-order valence-electron chi connectivity index (χ1n) is 5.64. The fourth-order valence-electron chi connectivity index (χ4n) is 2.46. The zero-order valence-corrected chi connectivity index (χ0v) is 9.85. The van der Waals surface area contributed by atoms with Crippen molar-refractivity contribution in [3.05, 3.63) is 17.5 Å². The van der Waals surface area contributed by atoms with Crippen molar-refractivity contribution < 1.29 is 0 Å². The van der Waals surface area contributed by atoms with Gasteiger partial charge in [0, 0.05) is 5.69 Å². The second-order valence-corrected chi connectivity index (χ2v) is 4.47. The first kappa shape index (κ1) is 11.3. The third kappa shape index (κ3) is 2.17. The quantitative estimate of drug-likeness (QED) is 0.762. The van der Waals surface area contributed by atoms with Crippen LogP contribution in [0.25, 0.3) is 0 Å². The van der Waals surface area contributed by atoms with Crippen LogP contribution in [0.5, 0.6) is 0 Å². The van der Waals surface area contributed by atoms with E-state index in [1.165, 1.54) is 36.9 Å². The van der Waals surface area contributed by atoms with E-state index >= 15 is 0 Å². The second-order valence-electron chi connectivity index (χ2n) is 4.47. The van der Waals surface area contributed by atoms with Gasteiger partial charge < -0.3 is 0 Å². The zero-order valence-electron chi connectivity index (χ0n) is 9.85. The number of nitrogens with one attached hydrogen (secondary N) is 1. The summed E-state index contributed by atoms with van der Waals surface area (Å²) in [7, 11) is 0. The maximum atomic E-state index is 4.13. The Bertz CT molecular complexity index is 270. The van der Waals surface area contributed by atoms with Crippen molar-refractivity contribution in [1.29, 1.82) is 0 Å². The minimum atomic E-state index is 0.320. The summed E-state index contributed by atoms with van der Waals surface area (Å²) in [4.78, 5) is 0. The molecule has 80 valence electrons. The highest BCUT2D eigenvalue weighted by molar-refractivity contribution is 5.25. The predicted molar refractivity (Wildman–Crippen MR) is 60.5 cm³/mol. The van der Waals surface area contributed by atoms with E-state index < -0.39 is 0 Å². The number of aryl methyl sites for hydroxylation is 1. The summed E-state index contributed by atoms with van der Waals surface area (Å²) in [6.07, 6.45) is 6.98. The van der Waals surface area contributed by atoms with Crippen molar-refractivity contribution in [2.75, 3.05) is 0 Å². The summed E-state index contributed by atoms with van der Waals surface area (Å²) in [6.45, 7) is 8.98. The van der Waals surface area contributed by atoms with Crippen molar-refractivity contribution in [3.63, 3.8) is 0 Å². The molecule has 0 atom stereocenters. The Morgan fingerprint density at radius 3 is 2.21 bits per heavy atom. The summed E-state index contributed by atoms with van der Waals surface area (Å²) >= 11 is 0. The minimum Gasteiger partial charge on any atom is -0.283 e. The predicted octanol–water partition coefficient (Wildman–Crippen LogP) is 3.58. The molecule has 1 aromatic heterocycles.